The maximum atomic E-state index is 10.1. The Morgan fingerprint density at radius 1 is 0.929 bits per heavy atom. The van der Waals surface area contributed by atoms with E-state index in [-0.39, 0.29) is 13.2 Å². The summed E-state index contributed by atoms with van der Waals surface area (Å²) in [4.78, 5) is 0. The largest absolute Gasteiger partial charge is 0.396 e. The topological polar surface area (TPSA) is 140 Å². The lowest BCUT2D eigenvalue weighted by molar-refractivity contribution is -0.307. The van der Waals surface area contributed by atoms with E-state index in [0.29, 0.717) is 32.1 Å². The highest BCUT2D eigenvalue weighted by Crippen LogP contribution is 2.24. The van der Waals surface area contributed by atoms with Crippen LogP contribution in [-0.2, 0) is 9.47 Å². The average molecular weight is 398 g/mol. The molecular weight excluding hydrogens is 368 g/mol. The second-order valence-corrected chi connectivity index (χ2v) is 6.35. The summed E-state index contributed by atoms with van der Waals surface area (Å²) in [5, 5.41) is 56.6. The van der Waals surface area contributed by atoms with E-state index < -0.39 is 43.4 Å². The number of hydrogen-bond acceptors (Lipinski definition) is 8. The van der Waals surface area contributed by atoms with E-state index in [1.165, 1.54) is 0 Å². The van der Waals surface area contributed by atoms with Crippen LogP contribution in [0, 0.1) is 23.7 Å². The molecule has 8 heteroatoms. The first-order valence-corrected chi connectivity index (χ1v) is 9.37. The average Bonchev–Trinajstić information content (AvgIpc) is 2.70. The van der Waals surface area contributed by atoms with Gasteiger partial charge in [0.15, 0.2) is 6.29 Å². The molecular formula is C20H30O8. The summed E-state index contributed by atoms with van der Waals surface area (Å²) in [5.41, 5.74) is 0. The second kappa shape index (κ2) is 14.5. The molecule has 1 fully saturated rings. The fraction of sp³-hybridized carbons (Fsp3) is 0.700. The summed E-state index contributed by atoms with van der Waals surface area (Å²) < 4.78 is 11.1. The van der Waals surface area contributed by atoms with Crippen molar-refractivity contribution in [2.24, 2.45) is 0 Å². The van der Waals surface area contributed by atoms with Crippen LogP contribution in [0.15, 0.2) is 12.2 Å². The molecule has 0 aromatic rings. The van der Waals surface area contributed by atoms with Gasteiger partial charge >= 0.3 is 0 Å². The van der Waals surface area contributed by atoms with E-state index in [1.807, 2.05) is 0 Å². The van der Waals surface area contributed by atoms with Crippen molar-refractivity contribution in [2.45, 2.75) is 68.9 Å². The molecule has 1 heterocycles. The molecule has 0 radical (unpaired) electrons. The molecule has 0 bridgehead atoms. The van der Waals surface area contributed by atoms with Gasteiger partial charge in [-0.15, -0.1) is 0 Å². The second-order valence-electron chi connectivity index (χ2n) is 6.35. The first-order valence-electron chi connectivity index (χ1n) is 9.37. The molecule has 0 amide bonds. The van der Waals surface area contributed by atoms with E-state index in [0.717, 1.165) is 0 Å². The highest BCUT2D eigenvalue weighted by molar-refractivity contribution is 5.30. The summed E-state index contributed by atoms with van der Waals surface area (Å²) >= 11 is 0. The van der Waals surface area contributed by atoms with E-state index in [4.69, 9.17) is 19.7 Å². The van der Waals surface area contributed by atoms with Crippen LogP contribution in [0.4, 0.5) is 0 Å². The molecule has 28 heavy (non-hydrogen) atoms. The molecule has 1 saturated heterocycles. The zero-order valence-corrected chi connectivity index (χ0v) is 15.8. The molecule has 0 spiro atoms. The van der Waals surface area contributed by atoms with E-state index in [1.54, 1.807) is 12.2 Å². The summed E-state index contributed by atoms with van der Waals surface area (Å²) in [6.07, 6.45) is -1.12. The van der Waals surface area contributed by atoms with Crippen molar-refractivity contribution in [3.63, 3.8) is 0 Å². The third kappa shape index (κ3) is 8.70. The standard InChI is InChI=1S/C20H30O8/c21-12-8-5-3-1-2-4-6-10-15(11-7-9-13-22)27-20-19(26)18(25)17(24)16(14-23)28-20/h6,10,15-26H,5,7-9,11-14H2/b10-6+/t15-,16-,17-,18+,19-,20-/m1/s1. The third-order valence-corrected chi connectivity index (χ3v) is 4.13. The van der Waals surface area contributed by atoms with Gasteiger partial charge in [0.05, 0.1) is 12.7 Å². The minimum atomic E-state index is -1.51. The molecule has 8 nitrogen and oxygen atoms in total. The molecule has 6 atom stereocenters. The summed E-state index contributed by atoms with van der Waals surface area (Å²) in [6, 6.07) is 0. The van der Waals surface area contributed by atoms with Crippen molar-refractivity contribution in [1.82, 2.24) is 0 Å². The van der Waals surface area contributed by atoms with E-state index in [2.05, 4.69) is 23.7 Å². The van der Waals surface area contributed by atoms with Gasteiger partial charge in [0.2, 0.25) is 0 Å². The predicted molar refractivity (Wildman–Crippen MR) is 101 cm³/mol. The molecule has 1 aliphatic heterocycles. The van der Waals surface area contributed by atoms with Gasteiger partial charge in [0.1, 0.15) is 24.4 Å². The van der Waals surface area contributed by atoms with Crippen molar-refractivity contribution in [1.29, 1.82) is 0 Å². The Morgan fingerprint density at radius 3 is 2.36 bits per heavy atom. The third-order valence-electron chi connectivity index (χ3n) is 4.13. The van der Waals surface area contributed by atoms with Crippen molar-refractivity contribution in [3.05, 3.63) is 12.2 Å². The molecule has 158 valence electrons. The van der Waals surface area contributed by atoms with Crippen molar-refractivity contribution in [2.75, 3.05) is 19.8 Å². The fourth-order valence-corrected chi connectivity index (χ4v) is 2.53. The number of aliphatic hydroxyl groups excluding tert-OH is 6. The zero-order chi connectivity index (χ0) is 20.8. The van der Waals surface area contributed by atoms with Crippen molar-refractivity contribution >= 4 is 0 Å². The van der Waals surface area contributed by atoms with Crippen LogP contribution >= 0.6 is 0 Å². The van der Waals surface area contributed by atoms with Crippen LogP contribution in [0.2, 0.25) is 0 Å². The number of aliphatic hydroxyl groups is 6. The summed E-state index contributed by atoms with van der Waals surface area (Å²) in [5.74, 6) is 10.8. The number of ether oxygens (including phenoxy) is 2. The van der Waals surface area contributed by atoms with Gasteiger partial charge in [-0.3, -0.25) is 0 Å². The van der Waals surface area contributed by atoms with Crippen LogP contribution in [-0.4, -0.2) is 87.3 Å². The normalized spacial score (nSPS) is 28.3. The van der Waals surface area contributed by atoms with Crippen LogP contribution in [0.25, 0.3) is 0 Å². The zero-order valence-electron chi connectivity index (χ0n) is 15.8. The number of unbranched alkanes of at least 4 members (excludes halogenated alkanes) is 2. The van der Waals surface area contributed by atoms with Crippen LogP contribution in [0.5, 0.6) is 0 Å². The minimum absolute atomic E-state index is 0.0414. The van der Waals surface area contributed by atoms with Crippen molar-refractivity contribution in [3.8, 4) is 23.7 Å². The Balaban J connectivity index is 2.71. The van der Waals surface area contributed by atoms with Gasteiger partial charge in [-0.1, -0.05) is 11.8 Å². The lowest BCUT2D eigenvalue weighted by Gasteiger charge is -2.40. The molecule has 0 aromatic heterocycles. The molecule has 1 aliphatic rings. The Kier molecular flexibility index (Phi) is 12.8. The van der Waals surface area contributed by atoms with Gasteiger partial charge in [-0.2, -0.15) is 0 Å². The smallest absolute Gasteiger partial charge is 0.187 e. The lowest BCUT2D eigenvalue weighted by atomic mass is 9.99. The number of hydrogen-bond donors (Lipinski definition) is 6. The van der Waals surface area contributed by atoms with Crippen molar-refractivity contribution < 1.29 is 40.1 Å². The number of allylic oxidation sites excluding steroid dienone is 1. The predicted octanol–water partition coefficient (Wildman–Crippen LogP) is -1.33. The maximum Gasteiger partial charge on any atom is 0.187 e. The van der Waals surface area contributed by atoms with E-state index in [9.17, 15) is 20.4 Å². The van der Waals surface area contributed by atoms with Crippen LogP contribution in [0.3, 0.4) is 0 Å². The molecule has 0 unspecified atom stereocenters. The van der Waals surface area contributed by atoms with Crippen LogP contribution in [0.1, 0.15) is 32.1 Å². The summed E-state index contributed by atoms with van der Waals surface area (Å²) in [7, 11) is 0. The molecule has 0 saturated carbocycles. The highest BCUT2D eigenvalue weighted by atomic mass is 16.7. The minimum Gasteiger partial charge on any atom is -0.396 e. The molecule has 0 aromatic carbocycles. The van der Waals surface area contributed by atoms with Gasteiger partial charge < -0.3 is 40.1 Å². The maximum absolute atomic E-state index is 10.1. The molecule has 0 aliphatic carbocycles. The summed E-state index contributed by atoms with van der Waals surface area (Å²) in [6.45, 7) is -0.400. The van der Waals surface area contributed by atoms with Gasteiger partial charge in [-0.05, 0) is 49.7 Å². The first-order chi connectivity index (χ1) is 13.5. The van der Waals surface area contributed by atoms with Gasteiger partial charge in [-0.25, -0.2) is 0 Å². The van der Waals surface area contributed by atoms with E-state index >= 15 is 0 Å². The lowest BCUT2D eigenvalue weighted by Crippen LogP contribution is -2.59. The van der Waals surface area contributed by atoms with Gasteiger partial charge in [0.25, 0.3) is 0 Å². The quantitative estimate of drug-likeness (QED) is 0.197. The van der Waals surface area contributed by atoms with Crippen LogP contribution < -0.4 is 0 Å². The Morgan fingerprint density at radius 2 is 1.68 bits per heavy atom. The Hall–Kier alpha value is -1.46. The monoisotopic (exact) mass is 398 g/mol. The SMILES string of the molecule is OCCCC#CC#C/C=C/[C@H](CCCCO)O[C@@H]1O[C@H](CO)[C@@H](O)[C@H](O)[C@H]1O. The first kappa shape index (κ1) is 24.6. The highest BCUT2D eigenvalue weighted by Gasteiger charge is 2.44. The molecule has 1 rings (SSSR count). The van der Waals surface area contributed by atoms with Gasteiger partial charge in [0, 0.05) is 19.6 Å². The Labute approximate surface area is 165 Å². The number of rotatable bonds is 10. The Bertz CT molecular complexity index is 568. The fourth-order valence-electron chi connectivity index (χ4n) is 2.53. The molecule has 6 N–H and O–H groups in total.